The van der Waals surface area contributed by atoms with Crippen molar-refractivity contribution in [1.29, 1.82) is 0 Å². The van der Waals surface area contributed by atoms with Crippen molar-refractivity contribution in [2.45, 2.75) is 20.0 Å². The number of hydrogen-bond acceptors (Lipinski definition) is 4. The fraction of sp³-hybridized carbons (Fsp3) is 0.167. The van der Waals surface area contributed by atoms with E-state index in [4.69, 9.17) is 9.47 Å². The summed E-state index contributed by atoms with van der Waals surface area (Å²) >= 11 is 0. The van der Waals surface area contributed by atoms with Gasteiger partial charge in [0.25, 0.3) is 0 Å². The summed E-state index contributed by atoms with van der Waals surface area (Å²) in [4.78, 5) is 16.6. The third-order valence-corrected chi connectivity index (χ3v) is 4.04. The van der Waals surface area contributed by atoms with Crippen LogP contribution in [0.3, 0.4) is 0 Å². The Morgan fingerprint density at radius 3 is 2.55 bits per heavy atom. The maximum Gasteiger partial charge on any atom is 0.249 e. The molecule has 0 fully saturated rings. The SMILES string of the molecule is CCCOc1ccccc1/C=C/C(=O)Nc1ncccc1OCc1ccccc1. The highest BCUT2D eigenvalue weighted by atomic mass is 16.5. The molecule has 5 nitrogen and oxygen atoms in total. The lowest BCUT2D eigenvalue weighted by molar-refractivity contribution is -0.111. The van der Waals surface area contributed by atoms with Gasteiger partial charge in [0.1, 0.15) is 12.4 Å². The summed E-state index contributed by atoms with van der Waals surface area (Å²) in [5.74, 6) is 1.36. The maximum absolute atomic E-state index is 12.4. The van der Waals surface area contributed by atoms with Crippen LogP contribution in [0.1, 0.15) is 24.5 Å². The molecule has 0 aliphatic heterocycles. The highest BCUT2D eigenvalue weighted by molar-refractivity contribution is 6.02. The Hall–Kier alpha value is -3.60. The number of hydrogen-bond donors (Lipinski definition) is 1. The first-order valence-electron chi connectivity index (χ1n) is 9.59. The smallest absolute Gasteiger partial charge is 0.249 e. The first kappa shape index (κ1) is 20.1. The van der Waals surface area contributed by atoms with Gasteiger partial charge in [-0.1, -0.05) is 55.5 Å². The van der Waals surface area contributed by atoms with Gasteiger partial charge in [-0.15, -0.1) is 0 Å². The predicted octanol–water partition coefficient (Wildman–Crippen LogP) is 5.10. The number of para-hydroxylation sites is 1. The van der Waals surface area contributed by atoms with Crippen molar-refractivity contribution in [3.8, 4) is 11.5 Å². The number of amides is 1. The number of anilines is 1. The Morgan fingerprint density at radius 1 is 0.966 bits per heavy atom. The zero-order valence-electron chi connectivity index (χ0n) is 16.4. The molecule has 148 valence electrons. The standard InChI is InChI=1S/C24H24N2O3/c1-2-17-28-21-12-7-6-11-20(21)14-15-23(27)26-24-22(13-8-16-25-24)29-18-19-9-4-3-5-10-19/h3-16H,2,17-18H2,1H3,(H,25,26,27)/b15-14+. The van der Waals surface area contributed by atoms with E-state index in [9.17, 15) is 4.79 Å². The number of aromatic nitrogens is 1. The molecule has 0 unspecified atom stereocenters. The first-order valence-corrected chi connectivity index (χ1v) is 9.59. The van der Waals surface area contributed by atoms with Gasteiger partial charge in [0, 0.05) is 17.8 Å². The summed E-state index contributed by atoms with van der Waals surface area (Å²) in [6, 6.07) is 21.0. The van der Waals surface area contributed by atoms with Crippen LogP contribution >= 0.6 is 0 Å². The van der Waals surface area contributed by atoms with Gasteiger partial charge in [-0.3, -0.25) is 4.79 Å². The van der Waals surface area contributed by atoms with E-state index >= 15 is 0 Å². The first-order chi connectivity index (χ1) is 14.3. The van der Waals surface area contributed by atoms with Crippen LogP contribution in [-0.4, -0.2) is 17.5 Å². The maximum atomic E-state index is 12.4. The lowest BCUT2D eigenvalue weighted by Crippen LogP contribution is -2.11. The number of carbonyl (C=O) groups is 1. The van der Waals surface area contributed by atoms with Crippen LogP contribution in [0.5, 0.6) is 11.5 Å². The van der Waals surface area contributed by atoms with Crippen molar-refractivity contribution in [1.82, 2.24) is 4.98 Å². The van der Waals surface area contributed by atoms with E-state index in [2.05, 4.69) is 17.2 Å². The number of ether oxygens (including phenoxy) is 2. The number of rotatable bonds is 9. The highest BCUT2D eigenvalue weighted by Crippen LogP contribution is 2.23. The molecule has 0 radical (unpaired) electrons. The van der Waals surface area contributed by atoms with Crippen molar-refractivity contribution >= 4 is 17.8 Å². The molecule has 0 spiro atoms. The van der Waals surface area contributed by atoms with E-state index in [1.807, 2.05) is 54.6 Å². The summed E-state index contributed by atoms with van der Waals surface area (Å²) in [5, 5.41) is 2.78. The zero-order valence-corrected chi connectivity index (χ0v) is 16.4. The molecule has 0 bridgehead atoms. The second-order valence-corrected chi connectivity index (χ2v) is 6.33. The second-order valence-electron chi connectivity index (χ2n) is 6.33. The molecule has 1 amide bonds. The number of benzene rings is 2. The van der Waals surface area contributed by atoms with Crippen LogP contribution in [0.2, 0.25) is 0 Å². The average molecular weight is 388 g/mol. The molecule has 3 aromatic rings. The van der Waals surface area contributed by atoms with E-state index in [1.54, 1.807) is 24.4 Å². The Labute approximate surface area is 171 Å². The summed E-state index contributed by atoms with van der Waals surface area (Å²) in [6.45, 7) is 3.08. The fourth-order valence-corrected chi connectivity index (χ4v) is 2.62. The van der Waals surface area contributed by atoms with Gasteiger partial charge in [-0.2, -0.15) is 0 Å². The molecule has 5 heteroatoms. The topological polar surface area (TPSA) is 60.5 Å². The normalized spacial score (nSPS) is 10.7. The van der Waals surface area contributed by atoms with Gasteiger partial charge in [0.05, 0.1) is 6.61 Å². The van der Waals surface area contributed by atoms with Crippen molar-refractivity contribution in [3.63, 3.8) is 0 Å². The van der Waals surface area contributed by atoms with E-state index in [-0.39, 0.29) is 5.91 Å². The van der Waals surface area contributed by atoms with Gasteiger partial charge in [0.15, 0.2) is 11.6 Å². The third-order valence-electron chi connectivity index (χ3n) is 4.04. The molecular formula is C24H24N2O3. The lowest BCUT2D eigenvalue weighted by Gasteiger charge is -2.11. The average Bonchev–Trinajstić information content (AvgIpc) is 2.77. The minimum absolute atomic E-state index is 0.293. The molecule has 0 atom stereocenters. The Bertz CT molecular complexity index is 955. The molecule has 1 heterocycles. The minimum Gasteiger partial charge on any atom is -0.493 e. The Morgan fingerprint density at radius 2 is 1.72 bits per heavy atom. The van der Waals surface area contributed by atoms with E-state index in [0.29, 0.717) is 24.8 Å². The molecule has 29 heavy (non-hydrogen) atoms. The molecular weight excluding hydrogens is 364 g/mol. The lowest BCUT2D eigenvalue weighted by atomic mass is 10.2. The quantitative estimate of drug-likeness (QED) is 0.518. The largest absolute Gasteiger partial charge is 0.493 e. The minimum atomic E-state index is -0.293. The highest BCUT2D eigenvalue weighted by Gasteiger charge is 2.08. The van der Waals surface area contributed by atoms with Gasteiger partial charge in [-0.25, -0.2) is 4.98 Å². The second kappa shape index (κ2) is 10.7. The molecule has 0 aliphatic rings. The molecule has 0 saturated heterocycles. The molecule has 1 aromatic heterocycles. The van der Waals surface area contributed by atoms with Crippen LogP contribution < -0.4 is 14.8 Å². The summed E-state index contributed by atoms with van der Waals surface area (Å²) < 4.78 is 11.5. The number of nitrogens with zero attached hydrogens (tertiary/aromatic N) is 1. The van der Waals surface area contributed by atoms with Crippen LogP contribution in [0.4, 0.5) is 5.82 Å². The van der Waals surface area contributed by atoms with Gasteiger partial charge in [0.2, 0.25) is 5.91 Å². The Kier molecular flexibility index (Phi) is 7.41. The van der Waals surface area contributed by atoms with Crippen LogP contribution in [-0.2, 0) is 11.4 Å². The molecule has 0 aliphatic carbocycles. The fourth-order valence-electron chi connectivity index (χ4n) is 2.62. The van der Waals surface area contributed by atoms with Gasteiger partial charge < -0.3 is 14.8 Å². The summed E-state index contributed by atoms with van der Waals surface area (Å²) in [7, 11) is 0. The molecule has 0 saturated carbocycles. The monoisotopic (exact) mass is 388 g/mol. The van der Waals surface area contributed by atoms with E-state index in [1.165, 1.54) is 6.08 Å². The number of pyridine rings is 1. The van der Waals surface area contributed by atoms with Crippen LogP contribution in [0.25, 0.3) is 6.08 Å². The molecule has 3 rings (SSSR count). The van der Waals surface area contributed by atoms with Crippen molar-refractivity contribution in [3.05, 3.63) is 90.1 Å². The van der Waals surface area contributed by atoms with Gasteiger partial charge in [-0.05, 0) is 36.3 Å². The number of carbonyl (C=O) groups excluding carboxylic acids is 1. The molecule has 2 aromatic carbocycles. The Balaban J connectivity index is 1.64. The van der Waals surface area contributed by atoms with Crippen molar-refractivity contribution < 1.29 is 14.3 Å². The summed E-state index contributed by atoms with van der Waals surface area (Å²) in [5.41, 5.74) is 1.88. The van der Waals surface area contributed by atoms with Gasteiger partial charge >= 0.3 is 0 Å². The number of nitrogens with one attached hydrogen (secondary N) is 1. The van der Waals surface area contributed by atoms with Crippen LogP contribution in [0, 0.1) is 0 Å². The molecule has 1 N–H and O–H groups in total. The van der Waals surface area contributed by atoms with E-state index < -0.39 is 0 Å². The third kappa shape index (κ3) is 6.21. The van der Waals surface area contributed by atoms with Crippen molar-refractivity contribution in [2.24, 2.45) is 0 Å². The van der Waals surface area contributed by atoms with Crippen LogP contribution in [0.15, 0.2) is 79.0 Å². The summed E-state index contributed by atoms with van der Waals surface area (Å²) in [6.07, 6.45) is 5.73. The van der Waals surface area contributed by atoms with E-state index in [0.717, 1.165) is 23.3 Å². The zero-order chi connectivity index (χ0) is 20.3. The van der Waals surface area contributed by atoms with Crippen molar-refractivity contribution in [2.75, 3.05) is 11.9 Å². The predicted molar refractivity (Wildman–Crippen MR) is 115 cm³/mol.